The molecule has 330 valence electrons. The van der Waals surface area contributed by atoms with Crippen LogP contribution in [0.3, 0.4) is 0 Å². The molecule has 0 spiro atoms. The topological polar surface area (TPSA) is 78.9 Å². The van der Waals surface area contributed by atoms with Gasteiger partial charge in [0.25, 0.3) is 0 Å². The number of ether oxygens (including phenoxy) is 3. The van der Waals surface area contributed by atoms with Gasteiger partial charge in [0.1, 0.15) is 13.2 Å². The Bertz CT molecular complexity index is 870. The average Bonchev–Trinajstić information content (AvgIpc) is 3.19. The Labute approximate surface area is 348 Å². The van der Waals surface area contributed by atoms with E-state index >= 15 is 0 Å². The van der Waals surface area contributed by atoms with Crippen molar-refractivity contribution in [1.29, 1.82) is 0 Å². The van der Waals surface area contributed by atoms with E-state index in [2.05, 4.69) is 32.9 Å². The van der Waals surface area contributed by atoms with Gasteiger partial charge in [-0.15, -0.1) is 0 Å². The van der Waals surface area contributed by atoms with Gasteiger partial charge in [0.05, 0.1) is 0 Å². The predicted molar refractivity (Wildman–Crippen MR) is 238 cm³/mol. The second-order valence-electron chi connectivity index (χ2n) is 16.7. The van der Waals surface area contributed by atoms with Gasteiger partial charge in [-0.25, -0.2) is 0 Å². The summed E-state index contributed by atoms with van der Waals surface area (Å²) in [5.74, 6) is -0.865. The summed E-state index contributed by atoms with van der Waals surface area (Å²) in [5, 5.41) is 0. The largest absolute Gasteiger partial charge is 0.462 e. The summed E-state index contributed by atoms with van der Waals surface area (Å²) in [6.45, 7) is 6.62. The highest BCUT2D eigenvalue weighted by molar-refractivity contribution is 5.71. The van der Waals surface area contributed by atoms with Crippen LogP contribution in [0.5, 0.6) is 0 Å². The number of carbonyl (C=O) groups is 3. The van der Waals surface area contributed by atoms with Crippen LogP contribution in [0.15, 0.2) is 12.2 Å². The normalized spacial score (nSPS) is 12.0. The summed E-state index contributed by atoms with van der Waals surface area (Å²) in [6.07, 6.45) is 49.0. The highest BCUT2D eigenvalue weighted by Crippen LogP contribution is 2.16. The van der Waals surface area contributed by atoms with Crippen molar-refractivity contribution >= 4 is 17.9 Å². The Morgan fingerprint density at radius 2 is 0.589 bits per heavy atom. The van der Waals surface area contributed by atoms with Gasteiger partial charge >= 0.3 is 17.9 Å². The highest BCUT2D eigenvalue weighted by Gasteiger charge is 2.19. The van der Waals surface area contributed by atoms with Crippen LogP contribution in [-0.2, 0) is 28.6 Å². The minimum atomic E-state index is -0.766. The number of esters is 3. The Kier molecular flexibility index (Phi) is 44.3. The lowest BCUT2D eigenvalue weighted by atomic mass is 10.0. The molecule has 0 radical (unpaired) electrons. The van der Waals surface area contributed by atoms with Crippen LogP contribution in [-0.4, -0.2) is 37.2 Å². The first-order chi connectivity index (χ1) is 27.5. The molecular formula is C50H94O6. The van der Waals surface area contributed by atoms with Crippen molar-refractivity contribution in [2.24, 2.45) is 0 Å². The predicted octanol–water partition coefficient (Wildman–Crippen LogP) is 15.8. The summed E-state index contributed by atoms with van der Waals surface area (Å²) in [7, 11) is 0. The molecule has 0 aromatic rings. The molecule has 1 atom stereocenters. The van der Waals surface area contributed by atoms with Crippen LogP contribution in [0, 0.1) is 0 Å². The third-order valence-corrected chi connectivity index (χ3v) is 11.0. The maximum absolute atomic E-state index is 12.7. The van der Waals surface area contributed by atoms with Crippen LogP contribution in [0.1, 0.15) is 271 Å². The Hall–Kier alpha value is -1.85. The van der Waals surface area contributed by atoms with E-state index in [-0.39, 0.29) is 31.1 Å². The van der Waals surface area contributed by atoms with Gasteiger partial charge in [0.15, 0.2) is 6.10 Å². The highest BCUT2D eigenvalue weighted by atomic mass is 16.6. The molecular weight excluding hydrogens is 697 g/mol. The first-order valence-corrected chi connectivity index (χ1v) is 24.7. The molecule has 0 amide bonds. The van der Waals surface area contributed by atoms with Crippen molar-refractivity contribution in [1.82, 2.24) is 0 Å². The van der Waals surface area contributed by atoms with E-state index in [1.807, 2.05) is 0 Å². The smallest absolute Gasteiger partial charge is 0.306 e. The summed E-state index contributed by atoms with van der Waals surface area (Å²) in [4.78, 5) is 37.8. The number of allylic oxidation sites excluding steroid dienone is 2. The first kappa shape index (κ1) is 54.2. The number of unbranched alkanes of at least 4 members (excludes halogenated alkanes) is 32. The molecule has 56 heavy (non-hydrogen) atoms. The molecule has 6 heteroatoms. The summed E-state index contributed by atoms with van der Waals surface area (Å²) >= 11 is 0. The fourth-order valence-corrected chi connectivity index (χ4v) is 7.26. The summed E-state index contributed by atoms with van der Waals surface area (Å²) in [6, 6.07) is 0. The lowest BCUT2D eigenvalue weighted by Crippen LogP contribution is -2.30. The quantitative estimate of drug-likeness (QED) is 0.0264. The van der Waals surface area contributed by atoms with E-state index in [0.717, 1.165) is 64.2 Å². The lowest BCUT2D eigenvalue weighted by Gasteiger charge is -2.18. The average molecular weight is 791 g/mol. The third kappa shape index (κ3) is 43.3. The Balaban J connectivity index is 4.32. The van der Waals surface area contributed by atoms with Crippen molar-refractivity contribution < 1.29 is 28.6 Å². The van der Waals surface area contributed by atoms with Gasteiger partial charge in [-0.2, -0.15) is 0 Å². The molecule has 0 N–H and O–H groups in total. The number of hydrogen-bond donors (Lipinski definition) is 0. The van der Waals surface area contributed by atoms with Crippen molar-refractivity contribution in [2.75, 3.05) is 13.2 Å². The second-order valence-corrected chi connectivity index (χ2v) is 16.7. The molecule has 0 aromatic heterocycles. The number of carbonyl (C=O) groups excluding carboxylic acids is 3. The molecule has 0 fully saturated rings. The summed E-state index contributed by atoms with van der Waals surface area (Å²) < 4.78 is 16.7. The van der Waals surface area contributed by atoms with Crippen LogP contribution < -0.4 is 0 Å². The first-order valence-electron chi connectivity index (χ1n) is 24.7. The molecule has 6 nitrogen and oxygen atoms in total. The molecule has 0 aromatic carbocycles. The van der Waals surface area contributed by atoms with Gasteiger partial charge in [-0.3, -0.25) is 14.4 Å². The van der Waals surface area contributed by atoms with Crippen LogP contribution in [0.4, 0.5) is 0 Å². The maximum Gasteiger partial charge on any atom is 0.306 e. The van der Waals surface area contributed by atoms with Crippen molar-refractivity contribution in [3.63, 3.8) is 0 Å². The van der Waals surface area contributed by atoms with E-state index < -0.39 is 6.10 Å². The standard InChI is InChI=1S/C50H94O6/c1-4-7-10-13-16-19-22-24-25-26-29-31-34-37-40-43-49(52)55-46-47(45-54-48(51)42-39-36-33-30-27-21-18-15-12-9-6-3)56-50(53)44-41-38-35-32-28-23-20-17-14-11-8-5-2/h17,20,47H,4-16,18-19,21-46H2,1-3H3/b20-17-. The van der Waals surface area contributed by atoms with Gasteiger partial charge in [0.2, 0.25) is 0 Å². The van der Waals surface area contributed by atoms with E-state index in [9.17, 15) is 14.4 Å². The van der Waals surface area contributed by atoms with Gasteiger partial charge in [0, 0.05) is 19.3 Å². The van der Waals surface area contributed by atoms with E-state index in [1.165, 1.54) is 167 Å². The molecule has 0 aliphatic carbocycles. The Morgan fingerprint density at radius 1 is 0.339 bits per heavy atom. The van der Waals surface area contributed by atoms with Gasteiger partial charge < -0.3 is 14.2 Å². The van der Waals surface area contributed by atoms with Crippen LogP contribution in [0.25, 0.3) is 0 Å². The molecule has 0 aliphatic heterocycles. The molecule has 0 bridgehead atoms. The van der Waals surface area contributed by atoms with E-state index in [4.69, 9.17) is 14.2 Å². The molecule has 0 rings (SSSR count). The van der Waals surface area contributed by atoms with Crippen molar-refractivity contribution in [3.05, 3.63) is 12.2 Å². The maximum atomic E-state index is 12.7. The minimum Gasteiger partial charge on any atom is -0.462 e. The van der Waals surface area contributed by atoms with Gasteiger partial charge in [-0.05, 0) is 44.9 Å². The van der Waals surface area contributed by atoms with Crippen LogP contribution >= 0.6 is 0 Å². The van der Waals surface area contributed by atoms with Crippen molar-refractivity contribution in [3.8, 4) is 0 Å². The second kappa shape index (κ2) is 45.8. The zero-order valence-electron chi connectivity index (χ0n) is 37.7. The number of rotatable bonds is 45. The fraction of sp³-hybridized carbons (Fsp3) is 0.900. The molecule has 0 heterocycles. The zero-order chi connectivity index (χ0) is 40.8. The summed E-state index contributed by atoms with van der Waals surface area (Å²) in [5.41, 5.74) is 0. The fourth-order valence-electron chi connectivity index (χ4n) is 7.26. The molecule has 0 saturated carbocycles. The SMILES string of the molecule is CCCCC/C=C\CCCCCCCC(=O)OC(COC(=O)CCCCCCCCCCCCC)COC(=O)CCCCCCCCCCCCCCCCC. The molecule has 0 saturated heterocycles. The lowest BCUT2D eigenvalue weighted by molar-refractivity contribution is -0.167. The van der Waals surface area contributed by atoms with E-state index in [1.54, 1.807) is 0 Å². The van der Waals surface area contributed by atoms with Crippen molar-refractivity contribution in [2.45, 2.75) is 277 Å². The minimum absolute atomic E-state index is 0.0685. The third-order valence-electron chi connectivity index (χ3n) is 11.0. The number of hydrogen-bond acceptors (Lipinski definition) is 6. The Morgan fingerprint density at radius 3 is 0.929 bits per heavy atom. The molecule has 1 unspecified atom stereocenters. The van der Waals surface area contributed by atoms with Crippen LogP contribution in [0.2, 0.25) is 0 Å². The zero-order valence-corrected chi connectivity index (χ0v) is 37.7. The van der Waals surface area contributed by atoms with E-state index in [0.29, 0.717) is 19.3 Å². The molecule has 0 aliphatic rings. The monoisotopic (exact) mass is 791 g/mol. The van der Waals surface area contributed by atoms with Gasteiger partial charge in [-0.1, -0.05) is 219 Å².